The number of nitrogens with zero attached hydrogens (tertiary/aromatic N) is 1. The average molecular weight is 538 g/mol. The van der Waals surface area contributed by atoms with E-state index in [4.69, 9.17) is 33.7 Å². The average Bonchev–Trinajstić information content (AvgIpc) is 2.92. The number of alkyl halides is 2. The zero-order valence-electron chi connectivity index (χ0n) is 21.7. The Morgan fingerprint density at radius 1 is 0.703 bits per heavy atom. The normalized spacial score (nSPS) is 9.57. The Hall–Kier alpha value is -3.60. The van der Waals surface area contributed by atoms with Gasteiger partial charge in [0.1, 0.15) is 12.0 Å². The van der Waals surface area contributed by atoms with Crippen LogP contribution in [-0.2, 0) is 0 Å². The molecule has 4 aromatic rings. The fourth-order valence-corrected chi connectivity index (χ4v) is 2.68. The number of rotatable bonds is 4. The molecule has 0 radical (unpaired) electrons. The molecule has 2 N–H and O–H groups in total. The van der Waals surface area contributed by atoms with Crippen LogP contribution in [-0.4, -0.2) is 24.9 Å². The lowest BCUT2D eigenvalue weighted by atomic mass is 10.2. The highest BCUT2D eigenvalue weighted by atomic mass is 35.5. The summed E-state index contributed by atoms with van der Waals surface area (Å²) in [5.74, 6) is 0.847. The van der Waals surface area contributed by atoms with Crippen molar-refractivity contribution in [1.29, 1.82) is 0 Å². The molecule has 0 saturated carbocycles. The number of benzene rings is 4. The molecule has 4 aromatic carbocycles. The number of aryl methyl sites for hydroxylation is 3. The number of methoxy groups -OCH3 is 1. The van der Waals surface area contributed by atoms with Crippen LogP contribution in [0.1, 0.15) is 32.6 Å². The summed E-state index contributed by atoms with van der Waals surface area (Å²) in [5, 5.41) is 0.194. The van der Waals surface area contributed by atoms with Crippen molar-refractivity contribution >= 4 is 47.1 Å². The molecule has 0 aliphatic rings. The van der Waals surface area contributed by atoms with Crippen molar-refractivity contribution in [2.75, 3.05) is 18.2 Å². The molecule has 0 atom stereocenters. The Morgan fingerprint density at radius 2 is 1.11 bits per heavy atom. The van der Waals surface area contributed by atoms with Gasteiger partial charge in [0.05, 0.1) is 18.1 Å². The van der Waals surface area contributed by atoms with Crippen LogP contribution in [0.5, 0.6) is 5.75 Å². The van der Waals surface area contributed by atoms with Gasteiger partial charge in [-0.05, 0) is 62.7 Å². The van der Waals surface area contributed by atoms with Crippen molar-refractivity contribution < 1.29 is 9.53 Å². The molecule has 0 unspecified atom stereocenters. The van der Waals surface area contributed by atoms with Gasteiger partial charge in [-0.3, -0.25) is 9.79 Å². The minimum Gasteiger partial charge on any atom is -0.497 e. The topological polar surface area (TPSA) is 64.7 Å². The molecule has 0 aliphatic carbocycles. The monoisotopic (exact) mass is 536 g/mol. The summed E-state index contributed by atoms with van der Waals surface area (Å²) in [6, 6.07) is 31.2. The molecule has 4 nitrogen and oxygen atoms in total. The van der Waals surface area contributed by atoms with E-state index in [2.05, 4.69) is 36.2 Å². The predicted octanol–water partition coefficient (Wildman–Crippen LogP) is 8.56. The first kappa shape index (κ1) is 31.4. The number of hydrogen-bond donors (Lipinski definition) is 1. The maximum atomic E-state index is 10.1. The first-order valence-corrected chi connectivity index (χ1v) is 12.6. The van der Waals surface area contributed by atoms with Crippen LogP contribution in [0.2, 0.25) is 0 Å². The molecule has 0 aliphatic heterocycles. The van der Waals surface area contributed by atoms with Crippen molar-refractivity contribution in [3.8, 4) is 5.75 Å². The number of aldehydes is 1. The van der Waals surface area contributed by atoms with E-state index < -0.39 is 0 Å². The van der Waals surface area contributed by atoms with Gasteiger partial charge >= 0.3 is 0 Å². The Bertz CT molecular complexity index is 1150. The first-order valence-electron chi connectivity index (χ1n) is 11.5. The van der Waals surface area contributed by atoms with E-state index in [1.165, 1.54) is 16.7 Å². The summed E-state index contributed by atoms with van der Waals surface area (Å²) in [6.45, 7) is 6.11. The lowest BCUT2D eigenvalue weighted by Gasteiger charge is -1.99. The number of carbonyl (C=O) groups is 1. The van der Waals surface area contributed by atoms with E-state index in [1.54, 1.807) is 7.11 Å². The number of hydrogen-bond acceptors (Lipinski definition) is 4. The minimum atomic E-state index is 0.194. The zero-order valence-corrected chi connectivity index (χ0v) is 23.2. The largest absolute Gasteiger partial charge is 0.497 e. The van der Waals surface area contributed by atoms with Crippen LogP contribution in [0.25, 0.3) is 0 Å². The smallest absolute Gasteiger partial charge is 0.150 e. The van der Waals surface area contributed by atoms with Gasteiger partial charge in [-0.25, -0.2) is 0 Å². The van der Waals surface area contributed by atoms with Gasteiger partial charge in [0.25, 0.3) is 0 Å². The number of carbonyl (C=O) groups excluding carboxylic acids is 1. The molecule has 4 rings (SSSR count). The fourth-order valence-electron chi connectivity index (χ4n) is 2.68. The third kappa shape index (κ3) is 14.5. The molecule has 0 heterocycles. The molecule has 0 fully saturated rings. The minimum absolute atomic E-state index is 0.194. The highest BCUT2D eigenvalue weighted by Gasteiger charge is 1.92. The van der Waals surface area contributed by atoms with E-state index in [0.717, 1.165) is 34.5 Å². The van der Waals surface area contributed by atoms with Gasteiger partial charge in [0.15, 0.2) is 0 Å². The van der Waals surface area contributed by atoms with Gasteiger partial charge in [-0.15, -0.1) is 23.2 Å². The molecular formula is C31H34Cl2N2O2. The first-order chi connectivity index (χ1) is 17.8. The number of nitrogens with two attached hydrogens (primary N) is 1. The number of halogens is 2. The second-order valence-corrected chi connectivity index (χ2v) is 8.72. The van der Waals surface area contributed by atoms with E-state index in [-0.39, 0.29) is 5.34 Å². The predicted molar refractivity (Wildman–Crippen MR) is 160 cm³/mol. The molecular weight excluding hydrogens is 503 g/mol. The number of anilines is 1. The van der Waals surface area contributed by atoms with Crippen LogP contribution in [0.15, 0.2) is 102 Å². The zero-order chi connectivity index (χ0) is 27.5. The van der Waals surface area contributed by atoms with Crippen molar-refractivity contribution in [3.63, 3.8) is 0 Å². The van der Waals surface area contributed by atoms with Crippen LogP contribution >= 0.6 is 23.2 Å². The highest BCUT2D eigenvalue weighted by molar-refractivity contribution is 6.40. The Kier molecular flexibility index (Phi) is 15.8. The third-order valence-corrected chi connectivity index (χ3v) is 4.80. The second kappa shape index (κ2) is 18.6. The maximum absolute atomic E-state index is 10.1. The van der Waals surface area contributed by atoms with Crippen molar-refractivity contribution in [2.24, 2.45) is 4.99 Å². The Balaban J connectivity index is 0.000000288. The quantitative estimate of drug-likeness (QED) is 0.123. The summed E-state index contributed by atoms with van der Waals surface area (Å²) in [4.78, 5) is 14.5. The van der Waals surface area contributed by atoms with Crippen LogP contribution in [0.4, 0.5) is 11.4 Å². The van der Waals surface area contributed by atoms with E-state index in [9.17, 15) is 4.79 Å². The molecule has 194 valence electrons. The number of ether oxygens (including phenoxy) is 1. The van der Waals surface area contributed by atoms with Crippen molar-refractivity contribution in [2.45, 2.75) is 20.8 Å². The summed E-state index contributed by atoms with van der Waals surface area (Å²) in [5.41, 5.74) is 12.7. The molecule has 0 bridgehead atoms. The highest BCUT2D eigenvalue weighted by Crippen LogP contribution is 2.17. The maximum Gasteiger partial charge on any atom is 0.150 e. The molecule has 37 heavy (non-hydrogen) atoms. The van der Waals surface area contributed by atoms with Gasteiger partial charge in [-0.1, -0.05) is 77.4 Å². The van der Waals surface area contributed by atoms with Crippen LogP contribution in [0, 0.1) is 20.8 Å². The molecule has 0 saturated heterocycles. The standard InChI is InChI=1S/C15H15NO.C8H8O.C7H9N.CH2Cl2/c1-12-3-5-13(6-4-12)11-16-14-7-9-15(17-2)10-8-14;1-7-2-4-8(6-9)5-3-7;1-6-2-4-7(8)5-3-6;2-1-3/h3-11H,1-2H3;2-6H,1H3;2-5H,8H2,1H3;1H2. The van der Waals surface area contributed by atoms with E-state index in [0.29, 0.717) is 0 Å². The number of nitrogen functional groups attached to an aromatic ring is 1. The molecule has 6 heteroatoms. The van der Waals surface area contributed by atoms with Crippen LogP contribution < -0.4 is 10.5 Å². The van der Waals surface area contributed by atoms with E-state index in [1.807, 2.05) is 92.9 Å². The van der Waals surface area contributed by atoms with Gasteiger partial charge < -0.3 is 10.5 Å². The molecule has 0 spiro atoms. The van der Waals surface area contributed by atoms with Crippen molar-refractivity contribution in [1.82, 2.24) is 0 Å². The van der Waals surface area contributed by atoms with Gasteiger partial charge in [0, 0.05) is 17.5 Å². The lowest BCUT2D eigenvalue weighted by molar-refractivity contribution is 0.112. The SMILES string of the molecule is COc1ccc(N=Cc2ccc(C)cc2)cc1.Cc1ccc(C=O)cc1.Cc1ccc(N)cc1.ClCCl. The summed E-state index contributed by atoms with van der Waals surface area (Å²) in [6.07, 6.45) is 2.71. The molecule has 0 aromatic heterocycles. The second-order valence-electron chi connectivity index (χ2n) is 7.91. The Labute approximate surface area is 230 Å². The summed E-state index contributed by atoms with van der Waals surface area (Å²) in [7, 11) is 1.66. The lowest BCUT2D eigenvalue weighted by Crippen LogP contribution is -1.82. The van der Waals surface area contributed by atoms with Crippen LogP contribution in [0.3, 0.4) is 0 Å². The van der Waals surface area contributed by atoms with E-state index >= 15 is 0 Å². The summed E-state index contributed by atoms with van der Waals surface area (Å²) >= 11 is 9.53. The summed E-state index contributed by atoms with van der Waals surface area (Å²) < 4.78 is 5.09. The van der Waals surface area contributed by atoms with Gasteiger partial charge in [-0.2, -0.15) is 0 Å². The van der Waals surface area contributed by atoms with Gasteiger partial charge in [0.2, 0.25) is 0 Å². The number of aliphatic imine (C=N–C) groups is 1. The molecule has 0 amide bonds. The Morgan fingerprint density at radius 3 is 1.49 bits per heavy atom. The van der Waals surface area contributed by atoms with Crippen molar-refractivity contribution in [3.05, 3.63) is 125 Å². The fraction of sp³-hybridized carbons (Fsp3) is 0.161. The third-order valence-electron chi connectivity index (χ3n) is 4.80.